The van der Waals surface area contributed by atoms with Crippen LogP contribution in [0.1, 0.15) is 5.82 Å². The number of aryl methyl sites for hydroxylation is 1. The van der Waals surface area contributed by atoms with Crippen LogP contribution in [0.4, 0.5) is 0 Å². The minimum Gasteiger partial charge on any atom is -0.482 e. The quantitative estimate of drug-likeness (QED) is 0.577. The third-order valence-electron chi connectivity index (χ3n) is 3.80. The molecular formula is C19H17BrN2O4. The summed E-state index contributed by atoms with van der Waals surface area (Å²) < 4.78 is 12.9. The lowest BCUT2D eigenvalue weighted by molar-refractivity contribution is -0.146. The molecule has 134 valence electrons. The summed E-state index contributed by atoms with van der Waals surface area (Å²) in [5.41, 5.74) is 0.515. The van der Waals surface area contributed by atoms with Gasteiger partial charge in [0, 0.05) is 4.47 Å². The van der Waals surface area contributed by atoms with E-state index in [1.165, 1.54) is 4.57 Å². The zero-order valence-corrected chi connectivity index (χ0v) is 15.7. The van der Waals surface area contributed by atoms with Gasteiger partial charge < -0.3 is 9.47 Å². The van der Waals surface area contributed by atoms with Crippen molar-refractivity contribution >= 4 is 32.8 Å². The normalized spacial score (nSPS) is 10.7. The zero-order valence-electron chi connectivity index (χ0n) is 14.1. The maximum Gasteiger partial charge on any atom is 0.344 e. The van der Waals surface area contributed by atoms with E-state index in [0.717, 1.165) is 4.47 Å². The van der Waals surface area contributed by atoms with Gasteiger partial charge in [-0.1, -0.05) is 28.1 Å². The molecule has 0 saturated heterocycles. The lowest BCUT2D eigenvalue weighted by atomic mass is 10.2. The summed E-state index contributed by atoms with van der Waals surface area (Å²) in [6.45, 7) is 1.88. The first-order valence-corrected chi connectivity index (χ1v) is 8.84. The second kappa shape index (κ2) is 8.14. The molecule has 0 atom stereocenters. The Bertz CT molecular complexity index is 983. The number of esters is 1. The third-order valence-corrected chi connectivity index (χ3v) is 4.33. The molecule has 0 aliphatic carbocycles. The van der Waals surface area contributed by atoms with E-state index >= 15 is 0 Å². The van der Waals surface area contributed by atoms with E-state index in [1.54, 1.807) is 37.3 Å². The fraction of sp³-hybridized carbons (Fsp3) is 0.211. The standard InChI is InChI=1S/C19H17BrN2O4/c1-13-21-17-5-3-2-4-16(17)19(24)22(13)10-11-25-18(23)12-26-15-8-6-14(20)7-9-15/h2-9H,10-12H2,1H3. The van der Waals surface area contributed by atoms with Crippen LogP contribution in [-0.4, -0.2) is 28.7 Å². The summed E-state index contributed by atoms with van der Waals surface area (Å²) in [5.74, 6) is 0.666. The highest BCUT2D eigenvalue weighted by Gasteiger charge is 2.09. The monoisotopic (exact) mass is 416 g/mol. The van der Waals surface area contributed by atoms with Gasteiger partial charge in [0.05, 0.1) is 17.4 Å². The van der Waals surface area contributed by atoms with Crippen molar-refractivity contribution in [2.24, 2.45) is 0 Å². The van der Waals surface area contributed by atoms with Gasteiger partial charge in [-0.3, -0.25) is 9.36 Å². The Morgan fingerprint density at radius 2 is 1.88 bits per heavy atom. The van der Waals surface area contributed by atoms with E-state index in [0.29, 0.717) is 22.5 Å². The number of halogens is 1. The second-order valence-electron chi connectivity index (χ2n) is 5.60. The first-order valence-electron chi connectivity index (χ1n) is 8.05. The summed E-state index contributed by atoms with van der Waals surface area (Å²) >= 11 is 3.33. The molecule has 0 aliphatic heterocycles. The fourth-order valence-corrected chi connectivity index (χ4v) is 2.77. The molecule has 1 aromatic heterocycles. The van der Waals surface area contributed by atoms with Gasteiger partial charge in [-0.05, 0) is 43.3 Å². The van der Waals surface area contributed by atoms with Gasteiger partial charge in [0.25, 0.3) is 5.56 Å². The lowest BCUT2D eigenvalue weighted by Gasteiger charge is -2.11. The molecule has 0 unspecified atom stereocenters. The average molecular weight is 417 g/mol. The van der Waals surface area contributed by atoms with Crippen LogP contribution < -0.4 is 10.3 Å². The molecule has 26 heavy (non-hydrogen) atoms. The van der Waals surface area contributed by atoms with E-state index in [-0.39, 0.29) is 25.3 Å². The Labute approximate surface area is 158 Å². The number of fused-ring (bicyclic) bond motifs is 1. The molecular weight excluding hydrogens is 400 g/mol. The van der Waals surface area contributed by atoms with Crippen LogP contribution in [0.15, 0.2) is 57.8 Å². The fourth-order valence-electron chi connectivity index (χ4n) is 2.51. The molecule has 0 amide bonds. The largest absolute Gasteiger partial charge is 0.482 e. The van der Waals surface area contributed by atoms with Crippen molar-refractivity contribution in [1.82, 2.24) is 9.55 Å². The van der Waals surface area contributed by atoms with E-state index in [2.05, 4.69) is 20.9 Å². The van der Waals surface area contributed by atoms with Crippen molar-refractivity contribution in [3.8, 4) is 5.75 Å². The SMILES string of the molecule is Cc1nc2ccccc2c(=O)n1CCOC(=O)COc1ccc(Br)cc1. The highest BCUT2D eigenvalue weighted by Crippen LogP contribution is 2.16. The summed E-state index contributed by atoms with van der Waals surface area (Å²) in [6.07, 6.45) is 0. The zero-order chi connectivity index (χ0) is 18.5. The number of para-hydroxylation sites is 1. The van der Waals surface area contributed by atoms with Crippen molar-refractivity contribution in [3.05, 3.63) is 69.2 Å². The summed E-state index contributed by atoms with van der Waals surface area (Å²) in [5, 5.41) is 0.544. The number of hydrogen-bond acceptors (Lipinski definition) is 5. The molecule has 3 rings (SSSR count). The second-order valence-corrected chi connectivity index (χ2v) is 6.51. The number of hydrogen-bond donors (Lipinski definition) is 0. The summed E-state index contributed by atoms with van der Waals surface area (Å²) in [7, 11) is 0. The van der Waals surface area contributed by atoms with Crippen molar-refractivity contribution in [1.29, 1.82) is 0 Å². The van der Waals surface area contributed by atoms with E-state index < -0.39 is 5.97 Å². The highest BCUT2D eigenvalue weighted by atomic mass is 79.9. The van der Waals surface area contributed by atoms with Crippen LogP contribution in [0.2, 0.25) is 0 Å². The van der Waals surface area contributed by atoms with Gasteiger partial charge in [0.1, 0.15) is 18.2 Å². The van der Waals surface area contributed by atoms with Crippen molar-refractivity contribution < 1.29 is 14.3 Å². The minimum absolute atomic E-state index is 0.0727. The number of rotatable bonds is 6. The molecule has 7 heteroatoms. The Morgan fingerprint density at radius 3 is 2.65 bits per heavy atom. The predicted molar refractivity (Wildman–Crippen MR) is 101 cm³/mol. The maximum atomic E-state index is 12.5. The van der Waals surface area contributed by atoms with Crippen molar-refractivity contribution in [2.75, 3.05) is 13.2 Å². The number of aromatic nitrogens is 2. The van der Waals surface area contributed by atoms with Crippen LogP contribution in [0, 0.1) is 6.92 Å². The molecule has 0 spiro atoms. The first kappa shape index (κ1) is 18.1. The van der Waals surface area contributed by atoms with Crippen LogP contribution in [0.25, 0.3) is 10.9 Å². The number of ether oxygens (including phenoxy) is 2. The molecule has 0 bridgehead atoms. The van der Waals surface area contributed by atoms with Gasteiger partial charge >= 0.3 is 5.97 Å². The number of carbonyl (C=O) groups excluding carboxylic acids is 1. The average Bonchev–Trinajstić information content (AvgIpc) is 2.64. The van der Waals surface area contributed by atoms with Crippen LogP contribution in [0.3, 0.4) is 0 Å². The van der Waals surface area contributed by atoms with Crippen LogP contribution in [0.5, 0.6) is 5.75 Å². The topological polar surface area (TPSA) is 70.4 Å². The van der Waals surface area contributed by atoms with E-state index in [4.69, 9.17) is 9.47 Å². The Balaban J connectivity index is 1.56. The van der Waals surface area contributed by atoms with Gasteiger partial charge in [-0.15, -0.1) is 0 Å². The molecule has 6 nitrogen and oxygen atoms in total. The van der Waals surface area contributed by atoms with Crippen LogP contribution >= 0.6 is 15.9 Å². The lowest BCUT2D eigenvalue weighted by Crippen LogP contribution is -2.27. The van der Waals surface area contributed by atoms with Crippen molar-refractivity contribution in [2.45, 2.75) is 13.5 Å². The van der Waals surface area contributed by atoms with Gasteiger partial charge in [-0.2, -0.15) is 0 Å². The van der Waals surface area contributed by atoms with Gasteiger partial charge in [-0.25, -0.2) is 9.78 Å². The van der Waals surface area contributed by atoms with Crippen molar-refractivity contribution in [3.63, 3.8) is 0 Å². The van der Waals surface area contributed by atoms with E-state index in [9.17, 15) is 9.59 Å². The first-order chi connectivity index (χ1) is 12.5. The molecule has 0 fully saturated rings. The molecule has 0 aliphatic rings. The molecule has 1 heterocycles. The number of carbonyl (C=O) groups is 1. The predicted octanol–water partition coefficient (Wildman–Crippen LogP) is 3.09. The Hall–Kier alpha value is -2.67. The number of benzene rings is 2. The highest BCUT2D eigenvalue weighted by molar-refractivity contribution is 9.10. The summed E-state index contributed by atoms with van der Waals surface area (Å²) in [4.78, 5) is 28.7. The number of nitrogens with zero attached hydrogens (tertiary/aromatic N) is 2. The molecule has 2 aromatic carbocycles. The smallest absolute Gasteiger partial charge is 0.344 e. The third kappa shape index (κ3) is 4.29. The molecule has 0 radical (unpaired) electrons. The van der Waals surface area contributed by atoms with Crippen LogP contribution in [-0.2, 0) is 16.1 Å². The summed E-state index contributed by atoms with van der Waals surface area (Å²) in [6, 6.07) is 14.3. The van der Waals surface area contributed by atoms with Gasteiger partial charge in [0.15, 0.2) is 6.61 Å². The molecule has 0 saturated carbocycles. The molecule has 3 aromatic rings. The molecule has 0 N–H and O–H groups in total. The Kier molecular flexibility index (Phi) is 5.68. The van der Waals surface area contributed by atoms with E-state index in [1.807, 2.05) is 18.2 Å². The minimum atomic E-state index is -0.493. The Morgan fingerprint density at radius 1 is 1.15 bits per heavy atom. The maximum absolute atomic E-state index is 12.5. The van der Waals surface area contributed by atoms with Gasteiger partial charge in [0.2, 0.25) is 0 Å².